The topological polar surface area (TPSA) is 24.8 Å². The van der Waals surface area contributed by atoms with Gasteiger partial charge in [0.25, 0.3) is 0 Å². The molecular weight excluding hydrogens is 216 g/mol. The van der Waals surface area contributed by atoms with E-state index < -0.39 is 0 Å². The lowest BCUT2D eigenvalue weighted by Gasteiger charge is -2.26. The summed E-state index contributed by atoms with van der Waals surface area (Å²) >= 11 is 6.36. The highest BCUT2D eigenvalue weighted by molar-refractivity contribution is 7.99. The normalized spacial score (nSPS) is 20.1. The standard InChI is InChI=1S/C9H16N2OS2/c1-9(10-8-13)14-7-4-11-2-5-12-6-3-11/h9H,2-7H2,1H3. The van der Waals surface area contributed by atoms with Crippen LogP contribution in [0.25, 0.3) is 0 Å². The molecule has 0 spiro atoms. The maximum atomic E-state index is 5.27. The Labute approximate surface area is 94.9 Å². The van der Waals surface area contributed by atoms with E-state index in [2.05, 4.69) is 27.3 Å². The molecule has 1 saturated heterocycles. The molecule has 0 saturated carbocycles. The van der Waals surface area contributed by atoms with E-state index in [4.69, 9.17) is 4.74 Å². The van der Waals surface area contributed by atoms with Crippen molar-refractivity contribution in [1.29, 1.82) is 0 Å². The van der Waals surface area contributed by atoms with Crippen LogP contribution in [-0.4, -0.2) is 54.0 Å². The number of hydrogen-bond acceptors (Lipinski definition) is 5. The summed E-state index contributed by atoms with van der Waals surface area (Å²) in [6, 6.07) is 0. The largest absolute Gasteiger partial charge is 0.379 e. The second-order valence-corrected chi connectivity index (χ2v) is 4.75. The third kappa shape index (κ3) is 5.08. The van der Waals surface area contributed by atoms with Crippen molar-refractivity contribution in [2.75, 3.05) is 38.6 Å². The lowest BCUT2D eigenvalue weighted by Crippen LogP contribution is -2.37. The van der Waals surface area contributed by atoms with E-state index >= 15 is 0 Å². The Hall–Kier alpha value is 0.0700. The van der Waals surface area contributed by atoms with E-state index in [1.165, 1.54) is 0 Å². The predicted octanol–water partition coefficient (Wildman–Crippen LogP) is 1.50. The van der Waals surface area contributed by atoms with Crippen LogP contribution in [0.3, 0.4) is 0 Å². The van der Waals surface area contributed by atoms with Gasteiger partial charge in [-0.1, -0.05) is 0 Å². The molecule has 1 atom stereocenters. The smallest absolute Gasteiger partial charge is 0.103 e. The van der Waals surface area contributed by atoms with Gasteiger partial charge in [0.1, 0.15) is 5.37 Å². The molecule has 0 bridgehead atoms. The molecule has 0 aromatic rings. The van der Waals surface area contributed by atoms with Crippen LogP contribution in [0.5, 0.6) is 0 Å². The highest BCUT2D eigenvalue weighted by atomic mass is 32.2. The molecular formula is C9H16N2OS2. The monoisotopic (exact) mass is 232 g/mol. The second-order valence-electron chi connectivity index (χ2n) is 3.14. The molecule has 5 heteroatoms. The second kappa shape index (κ2) is 7.37. The molecule has 1 rings (SSSR count). The van der Waals surface area contributed by atoms with Crippen LogP contribution in [0.1, 0.15) is 6.92 Å². The maximum Gasteiger partial charge on any atom is 0.103 e. The summed E-state index contributed by atoms with van der Waals surface area (Å²) in [5.74, 6) is 1.10. The summed E-state index contributed by atoms with van der Waals surface area (Å²) in [4.78, 5) is 6.41. The van der Waals surface area contributed by atoms with E-state index in [9.17, 15) is 0 Å². The number of nitrogens with zero attached hydrogens (tertiary/aromatic N) is 2. The molecule has 0 amide bonds. The lowest BCUT2D eigenvalue weighted by atomic mass is 10.4. The van der Waals surface area contributed by atoms with Crippen molar-refractivity contribution in [2.45, 2.75) is 12.3 Å². The Balaban J connectivity index is 2.04. The minimum Gasteiger partial charge on any atom is -0.379 e. The van der Waals surface area contributed by atoms with Crippen LogP contribution in [0, 0.1) is 0 Å². The Morgan fingerprint density at radius 1 is 1.57 bits per heavy atom. The van der Waals surface area contributed by atoms with Gasteiger partial charge >= 0.3 is 0 Å². The van der Waals surface area contributed by atoms with E-state index in [1.807, 2.05) is 18.7 Å². The number of morpholine rings is 1. The fourth-order valence-corrected chi connectivity index (χ4v) is 2.35. The zero-order valence-electron chi connectivity index (χ0n) is 8.44. The van der Waals surface area contributed by atoms with Gasteiger partial charge in [-0.05, 0) is 19.1 Å². The molecule has 80 valence electrons. The van der Waals surface area contributed by atoms with Gasteiger partial charge in [0.05, 0.1) is 18.4 Å². The van der Waals surface area contributed by atoms with Gasteiger partial charge in [-0.25, -0.2) is 4.99 Å². The van der Waals surface area contributed by atoms with Gasteiger partial charge in [-0.2, -0.15) is 0 Å². The van der Waals surface area contributed by atoms with Gasteiger partial charge in [0.2, 0.25) is 0 Å². The summed E-state index contributed by atoms with van der Waals surface area (Å²) in [5.41, 5.74) is 0. The molecule has 0 aliphatic carbocycles. The molecule has 1 aliphatic rings. The van der Waals surface area contributed by atoms with Crippen molar-refractivity contribution in [1.82, 2.24) is 4.90 Å². The van der Waals surface area contributed by atoms with E-state index in [0.717, 1.165) is 38.6 Å². The first-order valence-corrected chi connectivity index (χ1v) is 6.27. The van der Waals surface area contributed by atoms with Crippen LogP contribution in [0.4, 0.5) is 0 Å². The SMILES string of the molecule is CC(N=C=S)SCCN1CCOCC1. The average Bonchev–Trinajstić information content (AvgIpc) is 2.20. The minimum atomic E-state index is 0.244. The van der Waals surface area contributed by atoms with Crippen molar-refractivity contribution in [3.8, 4) is 0 Å². The Bertz CT molecular complexity index is 201. The van der Waals surface area contributed by atoms with Crippen LogP contribution >= 0.6 is 24.0 Å². The Kier molecular flexibility index (Phi) is 6.39. The fraction of sp³-hybridized carbons (Fsp3) is 0.889. The van der Waals surface area contributed by atoms with Gasteiger partial charge in [0.15, 0.2) is 0 Å². The van der Waals surface area contributed by atoms with Crippen molar-refractivity contribution in [3.63, 3.8) is 0 Å². The first-order chi connectivity index (χ1) is 6.83. The van der Waals surface area contributed by atoms with E-state index in [1.54, 1.807) is 0 Å². The van der Waals surface area contributed by atoms with Crippen LogP contribution in [-0.2, 0) is 4.74 Å². The minimum absolute atomic E-state index is 0.244. The molecule has 0 aromatic carbocycles. The van der Waals surface area contributed by atoms with Crippen LogP contribution in [0.2, 0.25) is 0 Å². The van der Waals surface area contributed by atoms with Crippen molar-refractivity contribution in [2.24, 2.45) is 4.99 Å². The molecule has 1 heterocycles. The maximum absolute atomic E-state index is 5.27. The van der Waals surface area contributed by atoms with E-state index in [0.29, 0.717) is 0 Å². The molecule has 0 N–H and O–H groups in total. The summed E-state index contributed by atoms with van der Waals surface area (Å²) < 4.78 is 5.27. The molecule has 1 aliphatic heterocycles. The average molecular weight is 232 g/mol. The van der Waals surface area contributed by atoms with Gasteiger partial charge in [-0.15, -0.1) is 11.8 Å². The number of thiocarbonyl (C=S) groups is 1. The zero-order chi connectivity index (χ0) is 10.2. The van der Waals surface area contributed by atoms with Gasteiger partial charge in [0, 0.05) is 25.4 Å². The number of ether oxygens (including phenoxy) is 1. The highest BCUT2D eigenvalue weighted by Crippen LogP contribution is 2.11. The number of aliphatic imine (C=N–C) groups is 1. The molecule has 0 radical (unpaired) electrons. The third-order valence-corrected chi connectivity index (χ3v) is 3.22. The summed E-state index contributed by atoms with van der Waals surface area (Å²) in [6.45, 7) is 7.03. The van der Waals surface area contributed by atoms with Crippen molar-refractivity contribution in [3.05, 3.63) is 0 Å². The number of thioether (sulfide) groups is 1. The Morgan fingerprint density at radius 3 is 2.93 bits per heavy atom. The summed E-state index contributed by atoms with van der Waals surface area (Å²) in [5, 5.41) is 2.65. The molecule has 1 fully saturated rings. The Morgan fingerprint density at radius 2 is 2.29 bits per heavy atom. The third-order valence-electron chi connectivity index (χ3n) is 2.10. The molecule has 1 unspecified atom stereocenters. The molecule has 0 aromatic heterocycles. The zero-order valence-corrected chi connectivity index (χ0v) is 10.1. The van der Waals surface area contributed by atoms with Gasteiger partial charge < -0.3 is 4.74 Å². The predicted molar refractivity (Wildman–Crippen MR) is 64.2 cm³/mol. The first-order valence-electron chi connectivity index (χ1n) is 4.81. The highest BCUT2D eigenvalue weighted by Gasteiger charge is 2.09. The number of hydrogen-bond donors (Lipinski definition) is 0. The van der Waals surface area contributed by atoms with E-state index in [-0.39, 0.29) is 5.37 Å². The molecule has 3 nitrogen and oxygen atoms in total. The quantitative estimate of drug-likeness (QED) is 0.530. The summed E-state index contributed by atoms with van der Waals surface area (Å²) in [7, 11) is 0. The van der Waals surface area contributed by atoms with Gasteiger partial charge in [-0.3, -0.25) is 4.90 Å². The van der Waals surface area contributed by atoms with Crippen molar-refractivity contribution < 1.29 is 4.74 Å². The van der Waals surface area contributed by atoms with Crippen molar-refractivity contribution >= 4 is 29.1 Å². The number of rotatable bonds is 5. The fourth-order valence-electron chi connectivity index (χ4n) is 1.29. The number of isothiocyanates is 1. The summed E-state index contributed by atoms with van der Waals surface area (Å²) in [6.07, 6.45) is 0. The lowest BCUT2D eigenvalue weighted by molar-refractivity contribution is 0.0410. The van der Waals surface area contributed by atoms with Crippen LogP contribution < -0.4 is 0 Å². The van der Waals surface area contributed by atoms with Crippen LogP contribution in [0.15, 0.2) is 4.99 Å². The molecule has 14 heavy (non-hydrogen) atoms. The first kappa shape index (κ1) is 12.1.